The summed E-state index contributed by atoms with van der Waals surface area (Å²) in [5, 5.41) is 0. The third-order valence-electron chi connectivity index (χ3n) is 1.68. The van der Waals surface area contributed by atoms with Gasteiger partial charge in [-0.1, -0.05) is 13.3 Å². The van der Waals surface area contributed by atoms with Crippen LogP contribution < -0.4 is 4.74 Å². The van der Waals surface area contributed by atoms with Crippen LogP contribution in [-0.4, -0.2) is 11.1 Å². The molecule has 2 heteroatoms. The minimum atomic E-state index is 0.221. The predicted octanol–water partition coefficient (Wildman–Crippen LogP) is 2.82. The molecule has 0 bridgehead atoms. The molecule has 0 atom stereocenters. The van der Waals surface area contributed by atoms with Crippen molar-refractivity contribution < 1.29 is 4.74 Å². The maximum Gasteiger partial charge on any atom is 0.137 e. The van der Waals surface area contributed by atoms with Gasteiger partial charge in [0, 0.05) is 5.69 Å². The first kappa shape index (κ1) is 10.0. The molecule has 2 nitrogen and oxygen atoms in total. The van der Waals surface area contributed by atoms with Crippen LogP contribution in [0.15, 0.2) is 18.3 Å². The number of aryl methyl sites for hydroxylation is 1. The van der Waals surface area contributed by atoms with E-state index < -0.39 is 0 Å². The molecule has 0 aromatic carbocycles. The highest BCUT2D eigenvalue weighted by Crippen LogP contribution is 2.11. The fraction of sp³-hybridized carbons (Fsp3) is 0.545. The minimum Gasteiger partial charge on any atom is -0.489 e. The highest BCUT2D eigenvalue weighted by molar-refractivity contribution is 5.20. The molecule has 13 heavy (non-hydrogen) atoms. The lowest BCUT2D eigenvalue weighted by molar-refractivity contribution is 0.241. The van der Waals surface area contributed by atoms with E-state index in [1.807, 2.05) is 26.0 Å². The summed E-state index contributed by atoms with van der Waals surface area (Å²) in [6, 6.07) is 4.01. The average molecular weight is 179 g/mol. The van der Waals surface area contributed by atoms with Crippen LogP contribution in [0.4, 0.5) is 0 Å². The quantitative estimate of drug-likeness (QED) is 0.709. The highest BCUT2D eigenvalue weighted by atomic mass is 16.5. The Bertz CT molecular complexity index is 241. The second kappa shape index (κ2) is 4.85. The standard InChI is InChI=1S/C11H17NO/c1-4-5-10-6-7-11(8-12-10)13-9(2)3/h6-9H,4-5H2,1-3H3. The Hall–Kier alpha value is -1.05. The first-order chi connectivity index (χ1) is 6.22. The van der Waals surface area contributed by atoms with Crippen LogP contribution >= 0.6 is 0 Å². The Morgan fingerprint density at radius 1 is 1.38 bits per heavy atom. The maximum atomic E-state index is 5.48. The van der Waals surface area contributed by atoms with E-state index in [0.717, 1.165) is 24.3 Å². The van der Waals surface area contributed by atoms with Crippen molar-refractivity contribution in [1.82, 2.24) is 4.98 Å². The van der Waals surface area contributed by atoms with Gasteiger partial charge in [0.15, 0.2) is 0 Å². The lowest BCUT2D eigenvalue weighted by Gasteiger charge is -2.09. The first-order valence-corrected chi connectivity index (χ1v) is 4.84. The van der Waals surface area contributed by atoms with Crippen LogP contribution in [0, 0.1) is 0 Å². The fourth-order valence-corrected chi connectivity index (χ4v) is 1.16. The van der Waals surface area contributed by atoms with Gasteiger partial charge in [-0.3, -0.25) is 4.98 Å². The monoisotopic (exact) mass is 179 g/mol. The topological polar surface area (TPSA) is 22.1 Å². The number of aromatic nitrogens is 1. The molecule has 1 heterocycles. The molecule has 0 aliphatic carbocycles. The van der Waals surface area contributed by atoms with Crippen molar-refractivity contribution in [2.24, 2.45) is 0 Å². The van der Waals surface area contributed by atoms with Gasteiger partial charge in [0.25, 0.3) is 0 Å². The molecule has 0 unspecified atom stereocenters. The third kappa shape index (κ3) is 3.45. The zero-order chi connectivity index (χ0) is 9.68. The van der Waals surface area contributed by atoms with E-state index in [1.54, 1.807) is 6.20 Å². The largest absolute Gasteiger partial charge is 0.489 e. The lowest BCUT2D eigenvalue weighted by Crippen LogP contribution is -2.05. The summed E-state index contributed by atoms with van der Waals surface area (Å²) >= 11 is 0. The third-order valence-corrected chi connectivity index (χ3v) is 1.68. The molecule has 0 aliphatic rings. The van der Waals surface area contributed by atoms with Gasteiger partial charge >= 0.3 is 0 Å². The van der Waals surface area contributed by atoms with Crippen LogP contribution in [0.2, 0.25) is 0 Å². The Morgan fingerprint density at radius 3 is 2.62 bits per heavy atom. The summed E-state index contributed by atoms with van der Waals surface area (Å²) in [7, 11) is 0. The van der Waals surface area contributed by atoms with Crippen molar-refractivity contribution in [3.8, 4) is 5.75 Å². The van der Waals surface area contributed by atoms with Crippen molar-refractivity contribution in [2.45, 2.75) is 39.7 Å². The molecule has 72 valence electrons. The normalized spacial score (nSPS) is 10.5. The fourth-order valence-electron chi connectivity index (χ4n) is 1.16. The van der Waals surface area contributed by atoms with E-state index in [9.17, 15) is 0 Å². The van der Waals surface area contributed by atoms with E-state index in [0.29, 0.717) is 0 Å². The summed E-state index contributed by atoms with van der Waals surface area (Å²) in [4.78, 5) is 4.30. The van der Waals surface area contributed by atoms with E-state index >= 15 is 0 Å². The second-order valence-electron chi connectivity index (χ2n) is 3.40. The summed E-state index contributed by atoms with van der Waals surface area (Å²) in [6.45, 7) is 6.18. The molecule has 0 saturated heterocycles. The van der Waals surface area contributed by atoms with Crippen LogP contribution in [0.3, 0.4) is 0 Å². The predicted molar refractivity (Wildman–Crippen MR) is 54.0 cm³/mol. The molecule has 0 N–H and O–H groups in total. The molecule has 1 aromatic rings. The number of ether oxygens (including phenoxy) is 1. The second-order valence-corrected chi connectivity index (χ2v) is 3.40. The SMILES string of the molecule is CCCc1ccc(OC(C)C)cn1. The lowest BCUT2D eigenvalue weighted by atomic mass is 10.2. The van der Waals surface area contributed by atoms with Gasteiger partial charge in [-0.05, 0) is 32.4 Å². The number of hydrogen-bond donors (Lipinski definition) is 0. The van der Waals surface area contributed by atoms with Crippen molar-refractivity contribution in [2.75, 3.05) is 0 Å². The summed E-state index contributed by atoms with van der Waals surface area (Å²) in [5.74, 6) is 0.856. The molecule has 0 aliphatic heterocycles. The van der Waals surface area contributed by atoms with Gasteiger partial charge in [-0.2, -0.15) is 0 Å². The molecule has 0 amide bonds. The van der Waals surface area contributed by atoms with Crippen LogP contribution in [0.25, 0.3) is 0 Å². The molecular weight excluding hydrogens is 162 g/mol. The van der Waals surface area contributed by atoms with Gasteiger partial charge < -0.3 is 4.74 Å². The van der Waals surface area contributed by atoms with E-state index in [2.05, 4.69) is 11.9 Å². The van der Waals surface area contributed by atoms with Gasteiger partial charge in [0.2, 0.25) is 0 Å². The Labute approximate surface area is 80.0 Å². The maximum absolute atomic E-state index is 5.48. The molecule has 0 radical (unpaired) electrons. The molecule has 0 saturated carbocycles. The van der Waals surface area contributed by atoms with E-state index in [1.165, 1.54) is 0 Å². The summed E-state index contributed by atoms with van der Waals surface area (Å²) in [5.41, 5.74) is 1.14. The van der Waals surface area contributed by atoms with Crippen molar-refractivity contribution in [3.05, 3.63) is 24.0 Å². The Kier molecular flexibility index (Phi) is 3.74. The van der Waals surface area contributed by atoms with Crippen molar-refractivity contribution in [1.29, 1.82) is 0 Å². The van der Waals surface area contributed by atoms with Gasteiger partial charge in [0.05, 0.1) is 12.3 Å². The smallest absolute Gasteiger partial charge is 0.137 e. The highest BCUT2D eigenvalue weighted by Gasteiger charge is 1.98. The van der Waals surface area contributed by atoms with Crippen LogP contribution in [-0.2, 0) is 6.42 Å². The summed E-state index contributed by atoms with van der Waals surface area (Å²) in [6.07, 6.45) is 4.20. The molecular formula is C11H17NO. The Morgan fingerprint density at radius 2 is 2.15 bits per heavy atom. The van der Waals surface area contributed by atoms with Gasteiger partial charge in [0.1, 0.15) is 5.75 Å². The van der Waals surface area contributed by atoms with Crippen LogP contribution in [0.5, 0.6) is 5.75 Å². The molecule has 1 aromatic heterocycles. The number of nitrogens with zero attached hydrogens (tertiary/aromatic N) is 1. The average Bonchev–Trinajstić information content (AvgIpc) is 2.08. The van der Waals surface area contributed by atoms with Crippen LogP contribution in [0.1, 0.15) is 32.9 Å². The van der Waals surface area contributed by atoms with Gasteiger partial charge in [-0.25, -0.2) is 0 Å². The Balaban J connectivity index is 2.59. The van der Waals surface area contributed by atoms with Gasteiger partial charge in [-0.15, -0.1) is 0 Å². The molecule has 0 fully saturated rings. The summed E-state index contributed by atoms with van der Waals surface area (Å²) < 4.78 is 5.48. The first-order valence-electron chi connectivity index (χ1n) is 4.84. The molecule has 1 rings (SSSR count). The van der Waals surface area contributed by atoms with Crippen molar-refractivity contribution in [3.63, 3.8) is 0 Å². The number of rotatable bonds is 4. The van der Waals surface area contributed by atoms with E-state index in [4.69, 9.17) is 4.74 Å². The number of hydrogen-bond acceptors (Lipinski definition) is 2. The van der Waals surface area contributed by atoms with Crippen molar-refractivity contribution >= 4 is 0 Å². The zero-order valence-corrected chi connectivity index (χ0v) is 8.58. The van der Waals surface area contributed by atoms with E-state index in [-0.39, 0.29) is 6.10 Å². The molecule has 0 spiro atoms. The number of pyridine rings is 1. The zero-order valence-electron chi connectivity index (χ0n) is 8.58. The minimum absolute atomic E-state index is 0.221.